The SMILES string of the molecule is CCOc1cc(C)c(C(C)(O)C(F)(F)F)cc1C. The van der Waals surface area contributed by atoms with E-state index in [2.05, 4.69) is 0 Å². The van der Waals surface area contributed by atoms with Crippen LogP contribution in [0.25, 0.3) is 0 Å². The molecule has 1 atom stereocenters. The van der Waals surface area contributed by atoms with Crippen LogP contribution < -0.4 is 4.74 Å². The Kier molecular flexibility index (Phi) is 3.96. The van der Waals surface area contributed by atoms with Gasteiger partial charge in [-0.05, 0) is 56.5 Å². The Bertz CT molecular complexity index is 437. The molecule has 2 nitrogen and oxygen atoms in total. The molecule has 0 radical (unpaired) electrons. The molecule has 0 saturated carbocycles. The highest BCUT2D eigenvalue weighted by Crippen LogP contribution is 2.41. The molecule has 0 aliphatic carbocycles. The molecular formula is C13H17F3O2. The summed E-state index contributed by atoms with van der Waals surface area (Å²) >= 11 is 0. The van der Waals surface area contributed by atoms with Crippen LogP contribution in [0.3, 0.4) is 0 Å². The maximum Gasteiger partial charge on any atom is 0.421 e. The maximum absolute atomic E-state index is 12.8. The van der Waals surface area contributed by atoms with E-state index in [9.17, 15) is 18.3 Å². The molecular weight excluding hydrogens is 245 g/mol. The highest BCUT2D eigenvalue weighted by atomic mass is 19.4. The van der Waals surface area contributed by atoms with Gasteiger partial charge in [0.15, 0.2) is 5.60 Å². The molecule has 1 unspecified atom stereocenters. The zero-order valence-electron chi connectivity index (χ0n) is 10.9. The number of ether oxygens (including phenoxy) is 1. The molecule has 0 fully saturated rings. The van der Waals surface area contributed by atoms with E-state index in [4.69, 9.17) is 4.74 Å². The summed E-state index contributed by atoms with van der Waals surface area (Å²) in [7, 11) is 0. The van der Waals surface area contributed by atoms with E-state index >= 15 is 0 Å². The Labute approximate surface area is 104 Å². The van der Waals surface area contributed by atoms with Gasteiger partial charge >= 0.3 is 6.18 Å². The molecule has 0 aliphatic rings. The molecule has 18 heavy (non-hydrogen) atoms. The smallest absolute Gasteiger partial charge is 0.421 e. The van der Waals surface area contributed by atoms with Crippen LogP contribution in [0.1, 0.15) is 30.5 Å². The van der Waals surface area contributed by atoms with Crippen molar-refractivity contribution in [2.75, 3.05) is 6.61 Å². The highest BCUT2D eigenvalue weighted by molar-refractivity contribution is 5.44. The van der Waals surface area contributed by atoms with Crippen molar-refractivity contribution in [3.8, 4) is 5.75 Å². The molecule has 0 heterocycles. The summed E-state index contributed by atoms with van der Waals surface area (Å²) in [6.07, 6.45) is -4.71. The summed E-state index contributed by atoms with van der Waals surface area (Å²) < 4.78 is 43.7. The summed E-state index contributed by atoms with van der Waals surface area (Å²) in [5, 5.41) is 9.68. The lowest BCUT2D eigenvalue weighted by Gasteiger charge is -2.29. The number of aliphatic hydroxyl groups is 1. The number of halogens is 3. The first-order chi connectivity index (χ1) is 8.11. The van der Waals surface area contributed by atoms with Crippen LogP contribution in [0.2, 0.25) is 0 Å². The van der Waals surface area contributed by atoms with Gasteiger partial charge in [-0.1, -0.05) is 0 Å². The fourth-order valence-corrected chi connectivity index (χ4v) is 1.78. The van der Waals surface area contributed by atoms with Gasteiger partial charge in [0, 0.05) is 0 Å². The van der Waals surface area contributed by atoms with E-state index in [1.807, 2.05) is 0 Å². The highest BCUT2D eigenvalue weighted by Gasteiger charge is 2.51. The second-order valence-electron chi connectivity index (χ2n) is 4.44. The number of rotatable bonds is 3. The van der Waals surface area contributed by atoms with Crippen LogP contribution in [-0.4, -0.2) is 17.9 Å². The predicted molar refractivity (Wildman–Crippen MR) is 62.7 cm³/mol. The summed E-state index contributed by atoms with van der Waals surface area (Å²) in [6, 6.07) is 2.85. The summed E-state index contributed by atoms with van der Waals surface area (Å²) in [5.74, 6) is 0.539. The van der Waals surface area contributed by atoms with Crippen molar-refractivity contribution in [2.24, 2.45) is 0 Å². The van der Waals surface area contributed by atoms with Gasteiger partial charge in [-0.15, -0.1) is 0 Å². The first kappa shape index (κ1) is 14.8. The predicted octanol–water partition coefficient (Wildman–Crippen LogP) is 3.47. The van der Waals surface area contributed by atoms with Gasteiger partial charge in [-0.2, -0.15) is 13.2 Å². The monoisotopic (exact) mass is 262 g/mol. The van der Waals surface area contributed by atoms with E-state index in [1.54, 1.807) is 13.8 Å². The Morgan fingerprint density at radius 2 is 1.72 bits per heavy atom. The Morgan fingerprint density at radius 3 is 2.17 bits per heavy atom. The minimum atomic E-state index is -4.71. The Morgan fingerprint density at radius 1 is 1.17 bits per heavy atom. The molecule has 1 rings (SSSR count). The molecule has 0 amide bonds. The molecule has 5 heteroatoms. The van der Waals surface area contributed by atoms with Gasteiger partial charge in [0.05, 0.1) is 6.61 Å². The van der Waals surface area contributed by atoms with Gasteiger partial charge in [0.25, 0.3) is 0 Å². The molecule has 102 valence electrons. The van der Waals surface area contributed by atoms with Crippen molar-refractivity contribution in [1.82, 2.24) is 0 Å². The van der Waals surface area contributed by atoms with Crippen molar-refractivity contribution in [3.63, 3.8) is 0 Å². The third-order valence-corrected chi connectivity index (χ3v) is 2.90. The minimum absolute atomic E-state index is 0.143. The van der Waals surface area contributed by atoms with E-state index in [-0.39, 0.29) is 5.56 Å². The summed E-state index contributed by atoms with van der Waals surface area (Å²) in [5.41, 5.74) is -2.07. The van der Waals surface area contributed by atoms with Crippen LogP contribution in [0.15, 0.2) is 12.1 Å². The normalized spacial score (nSPS) is 15.3. The van der Waals surface area contributed by atoms with Gasteiger partial charge in [-0.3, -0.25) is 0 Å². The number of hydrogen-bond acceptors (Lipinski definition) is 2. The van der Waals surface area contributed by atoms with Crippen molar-refractivity contribution in [2.45, 2.75) is 39.5 Å². The fraction of sp³-hybridized carbons (Fsp3) is 0.538. The Balaban J connectivity index is 3.32. The molecule has 1 aromatic carbocycles. The van der Waals surface area contributed by atoms with Gasteiger partial charge in [0.2, 0.25) is 0 Å². The lowest BCUT2D eigenvalue weighted by Crippen LogP contribution is -2.39. The van der Waals surface area contributed by atoms with E-state index in [0.717, 1.165) is 6.92 Å². The molecule has 0 aromatic heterocycles. The minimum Gasteiger partial charge on any atom is -0.494 e. The fourth-order valence-electron chi connectivity index (χ4n) is 1.78. The van der Waals surface area contributed by atoms with Crippen molar-refractivity contribution >= 4 is 0 Å². The molecule has 0 aliphatic heterocycles. The van der Waals surface area contributed by atoms with Crippen LogP contribution in [0.4, 0.5) is 13.2 Å². The van der Waals surface area contributed by atoms with Gasteiger partial charge in [-0.25, -0.2) is 0 Å². The van der Waals surface area contributed by atoms with E-state index in [1.165, 1.54) is 19.1 Å². The van der Waals surface area contributed by atoms with Crippen LogP contribution in [0.5, 0.6) is 5.75 Å². The average molecular weight is 262 g/mol. The average Bonchev–Trinajstić information content (AvgIpc) is 2.21. The number of alkyl halides is 3. The molecule has 0 saturated heterocycles. The lowest BCUT2D eigenvalue weighted by molar-refractivity contribution is -0.259. The topological polar surface area (TPSA) is 29.5 Å². The molecule has 0 spiro atoms. The lowest BCUT2D eigenvalue weighted by atomic mass is 9.89. The van der Waals surface area contributed by atoms with Gasteiger partial charge in [0.1, 0.15) is 5.75 Å². The van der Waals surface area contributed by atoms with Crippen molar-refractivity contribution < 1.29 is 23.0 Å². The van der Waals surface area contributed by atoms with Crippen LogP contribution >= 0.6 is 0 Å². The zero-order chi connectivity index (χ0) is 14.1. The largest absolute Gasteiger partial charge is 0.494 e. The molecule has 1 N–H and O–H groups in total. The summed E-state index contributed by atoms with van der Waals surface area (Å²) in [4.78, 5) is 0. The first-order valence-electron chi connectivity index (χ1n) is 5.65. The maximum atomic E-state index is 12.8. The third-order valence-electron chi connectivity index (χ3n) is 2.90. The summed E-state index contributed by atoms with van der Waals surface area (Å²) in [6.45, 7) is 6.18. The number of benzene rings is 1. The van der Waals surface area contributed by atoms with Crippen LogP contribution in [-0.2, 0) is 5.60 Å². The first-order valence-corrected chi connectivity index (χ1v) is 5.65. The van der Waals surface area contributed by atoms with Gasteiger partial charge < -0.3 is 9.84 Å². The zero-order valence-corrected chi connectivity index (χ0v) is 10.9. The number of aryl methyl sites for hydroxylation is 2. The van der Waals surface area contributed by atoms with Crippen LogP contribution in [0, 0.1) is 13.8 Å². The number of hydrogen-bond donors (Lipinski definition) is 1. The van der Waals surface area contributed by atoms with Crippen molar-refractivity contribution in [3.05, 3.63) is 28.8 Å². The van der Waals surface area contributed by atoms with E-state index in [0.29, 0.717) is 23.5 Å². The molecule has 1 aromatic rings. The standard InChI is InChI=1S/C13H17F3O2/c1-5-18-11-7-8(2)10(6-9(11)3)12(4,17)13(14,15)16/h6-7,17H,5H2,1-4H3. The second kappa shape index (κ2) is 4.80. The third kappa shape index (κ3) is 2.61. The quantitative estimate of drug-likeness (QED) is 0.903. The van der Waals surface area contributed by atoms with E-state index < -0.39 is 11.8 Å². The molecule has 0 bridgehead atoms. The van der Waals surface area contributed by atoms with Crippen molar-refractivity contribution in [1.29, 1.82) is 0 Å². The Hall–Kier alpha value is -1.23. The second-order valence-corrected chi connectivity index (χ2v) is 4.44.